The Bertz CT molecular complexity index is 1260. The lowest BCUT2D eigenvalue weighted by molar-refractivity contribution is 0.0508. The largest absolute Gasteiger partial charge is 0.465 e. The first-order chi connectivity index (χ1) is 16.3. The number of aryl methyl sites for hydroxylation is 1. The Morgan fingerprint density at radius 1 is 1.26 bits per heavy atom. The number of alkyl carbamates (subject to hydrolysis) is 1. The molecule has 1 atom stereocenters. The van der Waals surface area contributed by atoms with Gasteiger partial charge in [0.2, 0.25) is 5.28 Å². The second-order valence-electron chi connectivity index (χ2n) is 8.85. The van der Waals surface area contributed by atoms with Gasteiger partial charge in [-0.25, -0.2) is 23.4 Å². The van der Waals surface area contributed by atoms with Crippen molar-refractivity contribution >= 4 is 51.2 Å². The van der Waals surface area contributed by atoms with Crippen LogP contribution in [0.5, 0.6) is 0 Å². The molecule has 3 heterocycles. The maximum absolute atomic E-state index is 14.2. The summed E-state index contributed by atoms with van der Waals surface area (Å²) in [5.41, 5.74) is 0.00691. The van der Waals surface area contributed by atoms with Gasteiger partial charge in [-0.1, -0.05) is 0 Å². The van der Waals surface area contributed by atoms with Crippen LogP contribution < -0.4 is 10.2 Å². The molecule has 3 aromatic heterocycles. The van der Waals surface area contributed by atoms with Crippen LogP contribution in [0.15, 0.2) is 12.4 Å². The lowest BCUT2D eigenvalue weighted by Crippen LogP contribution is -2.38. The minimum Gasteiger partial charge on any atom is -0.465 e. The molecular formula is C22H24ClF2N5O4S. The third-order valence-electron chi connectivity index (χ3n) is 4.83. The minimum atomic E-state index is -1.48. The molecule has 0 bridgehead atoms. The van der Waals surface area contributed by atoms with Gasteiger partial charge in [-0.15, -0.1) is 11.3 Å². The van der Waals surface area contributed by atoms with Gasteiger partial charge in [-0.3, -0.25) is 9.88 Å². The highest BCUT2D eigenvalue weighted by Crippen LogP contribution is 2.37. The molecule has 0 aromatic carbocycles. The molecular weight excluding hydrogens is 504 g/mol. The summed E-state index contributed by atoms with van der Waals surface area (Å²) in [6, 6.07) is -0.320. The van der Waals surface area contributed by atoms with Gasteiger partial charge in [-0.05, 0) is 51.8 Å². The van der Waals surface area contributed by atoms with E-state index in [-0.39, 0.29) is 17.1 Å². The van der Waals surface area contributed by atoms with Crippen LogP contribution in [0.2, 0.25) is 5.28 Å². The van der Waals surface area contributed by atoms with Crippen LogP contribution >= 0.6 is 22.9 Å². The van der Waals surface area contributed by atoms with Crippen molar-refractivity contribution < 1.29 is 28.2 Å². The van der Waals surface area contributed by atoms with E-state index >= 15 is 0 Å². The van der Waals surface area contributed by atoms with E-state index in [4.69, 9.17) is 16.3 Å². The first-order valence-corrected chi connectivity index (χ1v) is 11.7. The van der Waals surface area contributed by atoms with Gasteiger partial charge in [0, 0.05) is 22.9 Å². The molecule has 188 valence electrons. The molecule has 3 aromatic rings. The molecule has 0 unspecified atom stereocenters. The number of ether oxygens (including phenoxy) is 1. The third kappa shape index (κ3) is 6.31. The Hall–Kier alpha value is -3.12. The van der Waals surface area contributed by atoms with Crippen molar-refractivity contribution in [3.8, 4) is 0 Å². The Labute approximate surface area is 209 Å². The molecule has 3 rings (SSSR count). The number of carbonyl (C=O) groups excluding carboxylic acids is 1. The molecule has 2 N–H and O–H groups in total. The number of anilines is 1. The first kappa shape index (κ1) is 26.5. The van der Waals surface area contributed by atoms with Crippen LogP contribution in [0.3, 0.4) is 0 Å². The van der Waals surface area contributed by atoms with Gasteiger partial charge in [0.1, 0.15) is 17.2 Å². The third-order valence-corrected chi connectivity index (χ3v) is 6.30. The number of fused-ring (bicyclic) bond motifs is 1. The standard InChI is InChI=1S/C22H24ClF2N5O4S/c1-10(27-20(31)34-22(3,4)5)6-15-11(2)16-17(35-15)18(29-19(23)28-16)30(21(32)33)9-12-13(24)7-26-8-14(12)25/h7-8,10H,6,9H2,1-5H3,(H,27,31)(H,32,33)/t10-/m0/s1. The number of amides is 2. The number of nitrogens with zero attached hydrogens (tertiary/aromatic N) is 4. The molecule has 0 fully saturated rings. The summed E-state index contributed by atoms with van der Waals surface area (Å²) in [7, 11) is 0. The van der Waals surface area contributed by atoms with Gasteiger partial charge in [-0.2, -0.15) is 4.98 Å². The Balaban J connectivity index is 1.97. The van der Waals surface area contributed by atoms with Gasteiger partial charge in [0.25, 0.3) is 0 Å². The van der Waals surface area contributed by atoms with Crippen molar-refractivity contribution in [2.24, 2.45) is 0 Å². The number of carboxylic acid groups (broad SMARTS) is 1. The van der Waals surface area contributed by atoms with Crippen LogP contribution in [-0.4, -0.2) is 43.9 Å². The Morgan fingerprint density at radius 2 is 1.89 bits per heavy atom. The summed E-state index contributed by atoms with van der Waals surface area (Å²) < 4.78 is 34.0. The summed E-state index contributed by atoms with van der Waals surface area (Å²) >= 11 is 7.30. The van der Waals surface area contributed by atoms with Crippen LogP contribution in [0.1, 0.15) is 43.7 Å². The van der Waals surface area contributed by atoms with E-state index < -0.39 is 41.5 Å². The quantitative estimate of drug-likeness (QED) is 0.408. The average molecular weight is 528 g/mol. The summed E-state index contributed by atoms with van der Waals surface area (Å²) in [6.07, 6.45) is -0.0555. The molecule has 13 heteroatoms. The highest BCUT2D eigenvalue weighted by Gasteiger charge is 2.27. The van der Waals surface area contributed by atoms with Gasteiger partial charge >= 0.3 is 12.2 Å². The summed E-state index contributed by atoms with van der Waals surface area (Å²) in [5, 5.41) is 12.4. The fourth-order valence-corrected chi connectivity index (χ4v) is 4.82. The van der Waals surface area contributed by atoms with Crippen molar-refractivity contribution in [3.05, 3.63) is 45.3 Å². The molecule has 0 aliphatic heterocycles. The van der Waals surface area contributed by atoms with E-state index in [1.807, 2.05) is 0 Å². The van der Waals surface area contributed by atoms with Crippen molar-refractivity contribution in [3.63, 3.8) is 0 Å². The number of halogens is 3. The Morgan fingerprint density at radius 3 is 2.46 bits per heavy atom. The van der Waals surface area contributed by atoms with Crippen LogP contribution in [-0.2, 0) is 17.7 Å². The predicted octanol–water partition coefficient (Wildman–Crippen LogP) is 5.47. The highest BCUT2D eigenvalue weighted by molar-refractivity contribution is 7.19. The zero-order chi connectivity index (χ0) is 26.1. The molecule has 0 aliphatic carbocycles. The Kier molecular flexibility index (Phi) is 7.75. The second-order valence-corrected chi connectivity index (χ2v) is 10.3. The lowest BCUT2D eigenvalue weighted by Gasteiger charge is -2.21. The number of rotatable bonds is 6. The zero-order valence-electron chi connectivity index (χ0n) is 19.6. The second kappa shape index (κ2) is 10.2. The maximum atomic E-state index is 14.2. The minimum absolute atomic E-state index is 0.102. The molecule has 0 saturated carbocycles. The van der Waals surface area contributed by atoms with E-state index in [2.05, 4.69) is 20.3 Å². The number of carbonyl (C=O) groups is 2. The SMILES string of the molecule is Cc1c(C[C@H](C)NC(=O)OC(C)(C)C)sc2c(N(Cc3c(F)cncc3F)C(=O)O)nc(Cl)nc12. The summed E-state index contributed by atoms with van der Waals surface area (Å²) in [4.78, 5) is 37.4. The van der Waals surface area contributed by atoms with Crippen molar-refractivity contribution in [1.29, 1.82) is 0 Å². The molecule has 9 nitrogen and oxygen atoms in total. The van der Waals surface area contributed by atoms with Crippen molar-refractivity contribution in [1.82, 2.24) is 20.3 Å². The lowest BCUT2D eigenvalue weighted by atomic mass is 10.1. The smallest absolute Gasteiger partial charge is 0.413 e. The van der Waals surface area contributed by atoms with Gasteiger partial charge < -0.3 is 15.2 Å². The molecule has 0 aliphatic rings. The van der Waals surface area contributed by atoms with Crippen LogP contribution in [0.25, 0.3) is 10.2 Å². The van der Waals surface area contributed by atoms with E-state index in [1.54, 1.807) is 34.6 Å². The zero-order valence-corrected chi connectivity index (χ0v) is 21.2. The van der Waals surface area contributed by atoms with Crippen LogP contribution in [0, 0.1) is 18.6 Å². The van der Waals surface area contributed by atoms with E-state index in [0.29, 0.717) is 21.5 Å². The fraction of sp³-hybridized carbons (Fsp3) is 0.409. The summed E-state index contributed by atoms with van der Waals surface area (Å²) in [5.74, 6) is -2.08. The molecule has 0 radical (unpaired) electrons. The average Bonchev–Trinajstić information content (AvgIpc) is 3.01. The maximum Gasteiger partial charge on any atom is 0.413 e. The van der Waals surface area contributed by atoms with E-state index in [9.17, 15) is 23.5 Å². The highest BCUT2D eigenvalue weighted by atomic mass is 35.5. The number of aromatic nitrogens is 3. The first-order valence-electron chi connectivity index (χ1n) is 10.5. The molecule has 0 saturated heterocycles. The number of hydrogen-bond donors (Lipinski definition) is 2. The van der Waals surface area contributed by atoms with Crippen LogP contribution in [0.4, 0.5) is 24.2 Å². The predicted molar refractivity (Wildman–Crippen MR) is 128 cm³/mol. The van der Waals surface area contributed by atoms with E-state index in [0.717, 1.165) is 22.8 Å². The summed E-state index contributed by atoms with van der Waals surface area (Å²) in [6.45, 7) is 8.21. The molecule has 2 amide bonds. The van der Waals surface area contributed by atoms with Gasteiger partial charge in [0.15, 0.2) is 5.82 Å². The van der Waals surface area contributed by atoms with Crippen molar-refractivity contribution in [2.45, 2.75) is 59.2 Å². The van der Waals surface area contributed by atoms with E-state index in [1.165, 1.54) is 11.3 Å². The fourth-order valence-electron chi connectivity index (χ4n) is 3.29. The number of nitrogens with one attached hydrogen (secondary N) is 1. The molecule has 35 heavy (non-hydrogen) atoms. The topological polar surface area (TPSA) is 118 Å². The monoisotopic (exact) mass is 527 g/mol. The number of thiophene rings is 1. The van der Waals surface area contributed by atoms with Crippen molar-refractivity contribution in [2.75, 3.05) is 4.90 Å². The number of pyridine rings is 1. The van der Waals surface area contributed by atoms with Gasteiger partial charge in [0.05, 0.1) is 29.2 Å². The normalized spacial score (nSPS) is 12.5. The number of hydrogen-bond acceptors (Lipinski definition) is 7. The molecule has 0 spiro atoms.